The standard InChI is InChI=1S/C17H16BrFO2/c18-10-13-9-14(19)5-6-16(13)21-11-12-7-8-20-17-4-2-1-3-15(12)17/h1-6,9,12H,7-8,10-11H2. The second kappa shape index (κ2) is 6.48. The van der Waals surface area contributed by atoms with E-state index < -0.39 is 0 Å². The van der Waals surface area contributed by atoms with E-state index in [1.807, 2.05) is 18.2 Å². The summed E-state index contributed by atoms with van der Waals surface area (Å²) < 4.78 is 24.8. The summed E-state index contributed by atoms with van der Waals surface area (Å²) in [7, 11) is 0. The fourth-order valence-corrected chi connectivity index (χ4v) is 3.01. The molecule has 1 atom stereocenters. The lowest BCUT2D eigenvalue weighted by Crippen LogP contribution is -2.19. The van der Waals surface area contributed by atoms with Crippen LogP contribution in [0.25, 0.3) is 0 Å². The Morgan fingerprint density at radius 2 is 2.10 bits per heavy atom. The number of halogens is 2. The second-order valence-corrected chi connectivity index (χ2v) is 5.63. The highest BCUT2D eigenvalue weighted by Crippen LogP contribution is 2.34. The van der Waals surface area contributed by atoms with E-state index in [9.17, 15) is 4.39 Å². The molecule has 2 aromatic rings. The van der Waals surface area contributed by atoms with Gasteiger partial charge in [-0.05, 0) is 30.7 Å². The Hall–Kier alpha value is -1.55. The molecule has 0 fully saturated rings. The Morgan fingerprint density at radius 1 is 1.24 bits per heavy atom. The topological polar surface area (TPSA) is 18.5 Å². The van der Waals surface area contributed by atoms with Crippen molar-refractivity contribution in [3.63, 3.8) is 0 Å². The molecular weight excluding hydrogens is 335 g/mol. The van der Waals surface area contributed by atoms with E-state index in [4.69, 9.17) is 9.47 Å². The molecule has 1 aliphatic heterocycles. The SMILES string of the molecule is Fc1ccc(OCC2CCOc3ccccc32)c(CBr)c1. The van der Waals surface area contributed by atoms with Gasteiger partial charge in [0, 0.05) is 22.4 Å². The van der Waals surface area contributed by atoms with Crippen LogP contribution in [-0.2, 0) is 5.33 Å². The highest BCUT2D eigenvalue weighted by atomic mass is 79.9. The van der Waals surface area contributed by atoms with E-state index >= 15 is 0 Å². The average molecular weight is 351 g/mol. The van der Waals surface area contributed by atoms with Gasteiger partial charge < -0.3 is 9.47 Å². The largest absolute Gasteiger partial charge is 0.493 e. The van der Waals surface area contributed by atoms with Crippen LogP contribution in [-0.4, -0.2) is 13.2 Å². The van der Waals surface area contributed by atoms with E-state index in [1.165, 1.54) is 17.7 Å². The molecule has 0 N–H and O–H groups in total. The molecule has 21 heavy (non-hydrogen) atoms. The highest BCUT2D eigenvalue weighted by molar-refractivity contribution is 9.08. The number of hydrogen-bond acceptors (Lipinski definition) is 2. The van der Waals surface area contributed by atoms with Crippen molar-refractivity contribution in [3.05, 3.63) is 59.4 Å². The molecular formula is C17H16BrFO2. The minimum atomic E-state index is -0.242. The van der Waals surface area contributed by atoms with Gasteiger partial charge in [0.1, 0.15) is 17.3 Å². The maximum Gasteiger partial charge on any atom is 0.123 e. The lowest BCUT2D eigenvalue weighted by molar-refractivity contribution is 0.216. The molecule has 0 saturated heterocycles. The number of para-hydroxylation sites is 1. The lowest BCUT2D eigenvalue weighted by atomic mass is 9.94. The van der Waals surface area contributed by atoms with Crippen LogP contribution in [0.4, 0.5) is 4.39 Å². The predicted molar refractivity (Wildman–Crippen MR) is 83.8 cm³/mol. The second-order valence-electron chi connectivity index (χ2n) is 5.07. The maximum atomic E-state index is 13.2. The summed E-state index contributed by atoms with van der Waals surface area (Å²) in [5.74, 6) is 1.74. The number of ether oxygens (including phenoxy) is 2. The van der Waals surface area contributed by atoms with Gasteiger partial charge in [-0.2, -0.15) is 0 Å². The van der Waals surface area contributed by atoms with Gasteiger partial charge in [-0.1, -0.05) is 34.1 Å². The van der Waals surface area contributed by atoms with Crippen molar-refractivity contribution in [2.75, 3.05) is 13.2 Å². The van der Waals surface area contributed by atoms with E-state index in [0.29, 0.717) is 24.5 Å². The fraction of sp³-hybridized carbons (Fsp3) is 0.294. The molecule has 4 heteroatoms. The Kier molecular flexibility index (Phi) is 4.44. The van der Waals surface area contributed by atoms with Gasteiger partial charge in [0.25, 0.3) is 0 Å². The summed E-state index contributed by atoms with van der Waals surface area (Å²) in [5.41, 5.74) is 2.02. The third-order valence-corrected chi connectivity index (χ3v) is 4.29. The summed E-state index contributed by atoms with van der Waals surface area (Å²) in [5, 5.41) is 0.574. The Balaban J connectivity index is 1.74. The van der Waals surface area contributed by atoms with Crippen LogP contribution in [0, 0.1) is 5.82 Å². The van der Waals surface area contributed by atoms with Crippen LogP contribution in [0.5, 0.6) is 11.5 Å². The van der Waals surface area contributed by atoms with Crippen LogP contribution >= 0.6 is 15.9 Å². The number of fused-ring (bicyclic) bond motifs is 1. The lowest BCUT2D eigenvalue weighted by Gasteiger charge is -2.26. The minimum absolute atomic E-state index is 0.242. The van der Waals surface area contributed by atoms with Gasteiger partial charge in [0.05, 0.1) is 13.2 Å². The molecule has 0 aliphatic carbocycles. The van der Waals surface area contributed by atoms with Crippen LogP contribution in [0.3, 0.4) is 0 Å². The molecule has 0 saturated carbocycles. The summed E-state index contributed by atoms with van der Waals surface area (Å²) in [6.45, 7) is 1.28. The van der Waals surface area contributed by atoms with Crippen molar-refractivity contribution in [2.24, 2.45) is 0 Å². The van der Waals surface area contributed by atoms with Crippen LogP contribution in [0.2, 0.25) is 0 Å². The quantitative estimate of drug-likeness (QED) is 0.746. The minimum Gasteiger partial charge on any atom is -0.493 e. The van der Waals surface area contributed by atoms with E-state index in [1.54, 1.807) is 6.07 Å². The van der Waals surface area contributed by atoms with Crippen LogP contribution < -0.4 is 9.47 Å². The Labute approximate surface area is 132 Å². The van der Waals surface area contributed by atoms with Gasteiger partial charge >= 0.3 is 0 Å². The van der Waals surface area contributed by atoms with Gasteiger partial charge in [0.15, 0.2) is 0 Å². The van der Waals surface area contributed by atoms with Crippen LogP contribution in [0.15, 0.2) is 42.5 Å². The Morgan fingerprint density at radius 3 is 2.95 bits per heavy atom. The van der Waals surface area contributed by atoms with Crippen molar-refractivity contribution < 1.29 is 13.9 Å². The first-order valence-electron chi connectivity index (χ1n) is 6.97. The molecule has 0 spiro atoms. The zero-order chi connectivity index (χ0) is 14.7. The van der Waals surface area contributed by atoms with Crippen molar-refractivity contribution in [3.8, 4) is 11.5 Å². The van der Waals surface area contributed by atoms with Crippen molar-refractivity contribution in [1.82, 2.24) is 0 Å². The average Bonchev–Trinajstić information content (AvgIpc) is 2.53. The molecule has 0 radical (unpaired) electrons. The summed E-state index contributed by atoms with van der Waals surface area (Å²) in [6, 6.07) is 12.7. The first-order chi connectivity index (χ1) is 10.3. The van der Waals surface area contributed by atoms with Crippen molar-refractivity contribution in [2.45, 2.75) is 17.7 Å². The summed E-state index contributed by atoms with van der Waals surface area (Å²) in [6.07, 6.45) is 0.932. The highest BCUT2D eigenvalue weighted by Gasteiger charge is 2.21. The number of alkyl halides is 1. The Bertz CT molecular complexity index is 630. The molecule has 2 nitrogen and oxygen atoms in total. The number of rotatable bonds is 4. The summed E-state index contributed by atoms with van der Waals surface area (Å²) in [4.78, 5) is 0. The van der Waals surface area contributed by atoms with Crippen molar-refractivity contribution >= 4 is 15.9 Å². The number of hydrogen-bond donors (Lipinski definition) is 0. The normalized spacial score (nSPS) is 17.0. The molecule has 0 bridgehead atoms. The first kappa shape index (κ1) is 14.4. The monoisotopic (exact) mass is 350 g/mol. The van der Waals surface area contributed by atoms with E-state index in [-0.39, 0.29) is 5.82 Å². The van der Waals surface area contributed by atoms with Gasteiger partial charge in [-0.25, -0.2) is 4.39 Å². The third-order valence-electron chi connectivity index (χ3n) is 3.69. The third kappa shape index (κ3) is 3.21. The predicted octanol–water partition coefficient (Wildman–Crippen LogP) is 4.67. The fourth-order valence-electron chi connectivity index (χ4n) is 2.57. The van der Waals surface area contributed by atoms with Gasteiger partial charge in [-0.15, -0.1) is 0 Å². The summed E-state index contributed by atoms with van der Waals surface area (Å²) >= 11 is 3.37. The van der Waals surface area contributed by atoms with E-state index in [2.05, 4.69) is 22.0 Å². The van der Waals surface area contributed by atoms with Crippen LogP contribution in [0.1, 0.15) is 23.5 Å². The first-order valence-corrected chi connectivity index (χ1v) is 8.09. The maximum absolute atomic E-state index is 13.2. The van der Waals surface area contributed by atoms with Crippen molar-refractivity contribution in [1.29, 1.82) is 0 Å². The zero-order valence-corrected chi connectivity index (χ0v) is 13.1. The molecule has 1 heterocycles. The molecule has 1 unspecified atom stereocenters. The molecule has 0 amide bonds. The molecule has 3 rings (SSSR count). The molecule has 0 aromatic heterocycles. The smallest absolute Gasteiger partial charge is 0.123 e. The molecule has 1 aliphatic rings. The zero-order valence-electron chi connectivity index (χ0n) is 11.5. The van der Waals surface area contributed by atoms with Gasteiger partial charge in [-0.3, -0.25) is 0 Å². The number of benzene rings is 2. The van der Waals surface area contributed by atoms with E-state index in [0.717, 1.165) is 23.5 Å². The molecule has 2 aromatic carbocycles. The molecule has 110 valence electrons. The van der Waals surface area contributed by atoms with Gasteiger partial charge in [0.2, 0.25) is 0 Å².